The standard InChI is InChI=1S/C11H13ClO3/c1-7(13)8-5-10-11(6-9(8)12)15-4-2-3-14-10/h5-7,13H,2-4H2,1H3. The average Bonchev–Trinajstić information content (AvgIpc) is 2.40. The van der Waals surface area contributed by atoms with Gasteiger partial charge in [-0.05, 0) is 13.0 Å². The highest BCUT2D eigenvalue weighted by molar-refractivity contribution is 6.31. The van der Waals surface area contributed by atoms with E-state index in [2.05, 4.69) is 0 Å². The minimum Gasteiger partial charge on any atom is -0.490 e. The largest absolute Gasteiger partial charge is 0.490 e. The molecule has 1 aromatic rings. The van der Waals surface area contributed by atoms with Crippen molar-refractivity contribution in [2.45, 2.75) is 19.4 Å². The molecule has 1 N–H and O–H groups in total. The van der Waals surface area contributed by atoms with Crippen LogP contribution in [-0.4, -0.2) is 18.3 Å². The zero-order valence-corrected chi connectivity index (χ0v) is 9.25. The first kappa shape index (κ1) is 10.6. The summed E-state index contributed by atoms with van der Waals surface area (Å²) >= 11 is 6.01. The Bertz CT molecular complexity index is 363. The van der Waals surface area contributed by atoms with E-state index in [9.17, 15) is 5.11 Å². The Morgan fingerprint density at radius 3 is 2.47 bits per heavy atom. The van der Waals surface area contributed by atoms with Crippen molar-refractivity contribution in [2.24, 2.45) is 0 Å². The molecule has 0 spiro atoms. The van der Waals surface area contributed by atoms with Crippen molar-refractivity contribution in [1.82, 2.24) is 0 Å². The van der Waals surface area contributed by atoms with Crippen molar-refractivity contribution in [3.05, 3.63) is 22.7 Å². The molecule has 1 unspecified atom stereocenters. The number of rotatable bonds is 1. The predicted molar refractivity (Wildman–Crippen MR) is 57.7 cm³/mol. The summed E-state index contributed by atoms with van der Waals surface area (Å²) in [4.78, 5) is 0. The molecule has 1 aliphatic heterocycles. The van der Waals surface area contributed by atoms with Gasteiger partial charge in [-0.15, -0.1) is 0 Å². The Morgan fingerprint density at radius 1 is 1.27 bits per heavy atom. The molecule has 0 aliphatic carbocycles. The number of benzene rings is 1. The van der Waals surface area contributed by atoms with Gasteiger partial charge in [0, 0.05) is 18.1 Å². The molecule has 2 rings (SSSR count). The number of hydrogen-bond acceptors (Lipinski definition) is 3. The maximum Gasteiger partial charge on any atom is 0.162 e. The Morgan fingerprint density at radius 2 is 1.87 bits per heavy atom. The molecular weight excluding hydrogens is 216 g/mol. The molecule has 1 atom stereocenters. The van der Waals surface area contributed by atoms with Crippen LogP contribution < -0.4 is 9.47 Å². The van der Waals surface area contributed by atoms with Crippen LogP contribution in [0.2, 0.25) is 5.02 Å². The summed E-state index contributed by atoms with van der Waals surface area (Å²) < 4.78 is 11.0. The second-order valence-electron chi connectivity index (χ2n) is 3.55. The summed E-state index contributed by atoms with van der Waals surface area (Å²) in [6.07, 6.45) is 0.255. The quantitative estimate of drug-likeness (QED) is 0.803. The van der Waals surface area contributed by atoms with Gasteiger partial charge in [-0.3, -0.25) is 0 Å². The lowest BCUT2D eigenvalue weighted by molar-refractivity contribution is 0.198. The zero-order chi connectivity index (χ0) is 10.8. The molecule has 0 saturated carbocycles. The second kappa shape index (κ2) is 4.29. The zero-order valence-electron chi connectivity index (χ0n) is 8.50. The molecule has 1 aliphatic rings. The van der Waals surface area contributed by atoms with E-state index in [4.69, 9.17) is 21.1 Å². The molecule has 1 aromatic carbocycles. The van der Waals surface area contributed by atoms with Crippen LogP contribution in [-0.2, 0) is 0 Å². The lowest BCUT2D eigenvalue weighted by Crippen LogP contribution is -1.97. The van der Waals surface area contributed by atoms with Crippen LogP contribution in [0.15, 0.2) is 12.1 Å². The van der Waals surface area contributed by atoms with Crippen molar-refractivity contribution in [1.29, 1.82) is 0 Å². The summed E-state index contributed by atoms with van der Waals surface area (Å²) in [5.41, 5.74) is 0.668. The molecule has 1 heterocycles. The fraction of sp³-hybridized carbons (Fsp3) is 0.455. The molecule has 0 amide bonds. The van der Waals surface area contributed by atoms with Gasteiger partial charge >= 0.3 is 0 Å². The molecular formula is C11H13ClO3. The number of ether oxygens (including phenoxy) is 2. The van der Waals surface area contributed by atoms with Gasteiger partial charge in [-0.25, -0.2) is 0 Å². The number of halogens is 1. The van der Waals surface area contributed by atoms with Gasteiger partial charge in [0.1, 0.15) is 0 Å². The van der Waals surface area contributed by atoms with Crippen LogP contribution in [0.25, 0.3) is 0 Å². The van der Waals surface area contributed by atoms with Gasteiger partial charge in [0.15, 0.2) is 11.5 Å². The first-order valence-corrected chi connectivity index (χ1v) is 5.33. The average molecular weight is 229 g/mol. The minimum atomic E-state index is -0.602. The molecule has 82 valence electrons. The van der Waals surface area contributed by atoms with Crippen LogP contribution in [0.1, 0.15) is 25.0 Å². The van der Waals surface area contributed by atoms with Crippen LogP contribution in [0.3, 0.4) is 0 Å². The highest BCUT2D eigenvalue weighted by Crippen LogP contribution is 2.37. The first-order chi connectivity index (χ1) is 7.18. The summed E-state index contributed by atoms with van der Waals surface area (Å²) in [6, 6.07) is 3.44. The van der Waals surface area contributed by atoms with Gasteiger partial charge in [0.2, 0.25) is 0 Å². The van der Waals surface area contributed by atoms with E-state index >= 15 is 0 Å². The molecule has 0 radical (unpaired) electrons. The van der Waals surface area contributed by atoms with Gasteiger partial charge in [0.05, 0.1) is 24.3 Å². The van der Waals surface area contributed by atoms with Crippen molar-refractivity contribution in [2.75, 3.05) is 13.2 Å². The number of fused-ring (bicyclic) bond motifs is 1. The van der Waals surface area contributed by atoms with E-state index in [-0.39, 0.29) is 0 Å². The Labute approximate surface area is 93.6 Å². The third kappa shape index (κ3) is 2.19. The van der Waals surface area contributed by atoms with E-state index in [1.165, 1.54) is 0 Å². The smallest absolute Gasteiger partial charge is 0.162 e. The van der Waals surface area contributed by atoms with Gasteiger partial charge < -0.3 is 14.6 Å². The predicted octanol–water partition coefficient (Wildman–Crippen LogP) is 2.55. The van der Waals surface area contributed by atoms with E-state index in [1.54, 1.807) is 19.1 Å². The number of aliphatic hydroxyl groups excluding tert-OH is 1. The third-order valence-electron chi connectivity index (χ3n) is 2.32. The molecule has 15 heavy (non-hydrogen) atoms. The molecule has 0 fully saturated rings. The van der Waals surface area contributed by atoms with E-state index in [1.807, 2.05) is 0 Å². The monoisotopic (exact) mass is 228 g/mol. The molecule has 0 saturated heterocycles. The molecule has 0 aromatic heterocycles. The SMILES string of the molecule is CC(O)c1cc2c(cc1Cl)OCCCO2. The lowest BCUT2D eigenvalue weighted by Gasteiger charge is -2.12. The maximum atomic E-state index is 9.50. The van der Waals surface area contributed by atoms with Crippen molar-refractivity contribution in [3.8, 4) is 11.5 Å². The molecule has 4 heteroatoms. The lowest BCUT2D eigenvalue weighted by atomic mass is 10.1. The van der Waals surface area contributed by atoms with Crippen LogP contribution in [0.5, 0.6) is 11.5 Å². The first-order valence-electron chi connectivity index (χ1n) is 4.95. The van der Waals surface area contributed by atoms with Crippen LogP contribution in [0.4, 0.5) is 0 Å². The Balaban J connectivity index is 2.42. The number of aliphatic hydroxyl groups is 1. The Hall–Kier alpha value is -0.930. The van der Waals surface area contributed by atoms with E-state index in [0.29, 0.717) is 35.3 Å². The maximum absolute atomic E-state index is 9.50. The minimum absolute atomic E-state index is 0.509. The van der Waals surface area contributed by atoms with E-state index < -0.39 is 6.10 Å². The summed E-state index contributed by atoms with van der Waals surface area (Å²) in [5, 5.41) is 10.0. The summed E-state index contributed by atoms with van der Waals surface area (Å²) in [6.45, 7) is 2.94. The van der Waals surface area contributed by atoms with Crippen molar-refractivity contribution >= 4 is 11.6 Å². The topological polar surface area (TPSA) is 38.7 Å². The van der Waals surface area contributed by atoms with Crippen LogP contribution >= 0.6 is 11.6 Å². The van der Waals surface area contributed by atoms with Crippen LogP contribution in [0, 0.1) is 0 Å². The molecule has 3 nitrogen and oxygen atoms in total. The van der Waals surface area contributed by atoms with Crippen molar-refractivity contribution in [3.63, 3.8) is 0 Å². The third-order valence-corrected chi connectivity index (χ3v) is 2.64. The summed E-state index contributed by atoms with van der Waals surface area (Å²) in [5.74, 6) is 1.31. The second-order valence-corrected chi connectivity index (χ2v) is 3.95. The van der Waals surface area contributed by atoms with Gasteiger partial charge in [0.25, 0.3) is 0 Å². The summed E-state index contributed by atoms with van der Waals surface area (Å²) in [7, 11) is 0. The molecule has 0 bridgehead atoms. The fourth-order valence-corrected chi connectivity index (χ4v) is 1.83. The Kier molecular flexibility index (Phi) is 3.03. The number of hydrogen-bond donors (Lipinski definition) is 1. The normalized spacial score (nSPS) is 17.0. The van der Waals surface area contributed by atoms with Crippen molar-refractivity contribution < 1.29 is 14.6 Å². The fourth-order valence-electron chi connectivity index (χ4n) is 1.52. The highest BCUT2D eigenvalue weighted by atomic mass is 35.5. The van der Waals surface area contributed by atoms with E-state index in [0.717, 1.165) is 6.42 Å². The highest BCUT2D eigenvalue weighted by Gasteiger charge is 2.16. The van der Waals surface area contributed by atoms with Gasteiger partial charge in [-0.1, -0.05) is 11.6 Å². The van der Waals surface area contributed by atoms with Gasteiger partial charge in [-0.2, -0.15) is 0 Å².